The molecule has 0 bridgehead atoms. The molecule has 4 nitrogen and oxygen atoms in total. The number of aliphatic hydroxyl groups is 1. The summed E-state index contributed by atoms with van der Waals surface area (Å²) in [6.45, 7) is 8.15. The van der Waals surface area contributed by atoms with E-state index < -0.39 is 12.1 Å². The number of aliphatic hydroxyl groups excluding tert-OH is 1. The highest BCUT2D eigenvalue weighted by molar-refractivity contribution is 5.66. The van der Waals surface area contributed by atoms with Crippen LogP contribution in [0.4, 0.5) is 0 Å². The minimum Gasteiger partial charge on any atom is -0.481 e. The molecule has 0 aromatic heterocycles. The Kier molecular flexibility index (Phi) is 6.85. The molecular formula is C17H27NO3. The van der Waals surface area contributed by atoms with Gasteiger partial charge in [0.05, 0.1) is 6.10 Å². The van der Waals surface area contributed by atoms with Gasteiger partial charge in [-0.05, 0) is 50.3 Å². The zero-order chi connectivity index (χ0) is 16.0. The normalized spacial score (nSPS) is 15.5. The van der Waals surface area contributed by atoms with Crippen molar-refractivity contribution in [2.45, 2.75) is 65.1 Å². The molecule has 3 N–H and O–H groups in total. The molecule has 1 aromatic rings. The summed E-state index contributed by atoms with van der Waals surface area (Å²) in [6.07, 6.45) is 0.699. The van der Waals surface area contributed by atoms with Crippen molar-refractivity contribution in [1.82, 2.24) is 5.32 Å². The second kappa shape index (κ2) is 8.15. The van der Waals surface area contributed by atoms with E-state index in [1.807, 2.05) is 39.0 Å². The molecule has 0 aliphatic heterocycles. The maximum atomic E-state index is 10.8. The third kappa shape index (κ3) is 5.48. The fraction of sp³-hybridized carbons (Fsp3) is 0.588. The smallest absolute Gasteiger partial charge is 0.303 e. The van der Waals surface area contributed by atoms with E-state index in [4.69, 9.17) is 5.11 Å². The van der Waals surface area contributed by atoms with Gasteiger partial charge in [0.15, 0.2) is 0 Å². The summed E-state index contributed by atoms with van der Waals surface area (Å²) in [5, 5.41) is 22.8. The highest BCUT2D eigenvalue weighted by Crippen LogP contribution is 2.23. The van der Waals surface area contributed by atoms with Crippen LogP contribution in [0, 0.1) is 13.8 Å². The summed E-state index contributed by atoms with van der Waals surface area (Å²) in [5.74, 6) is -0.835. The van der Waals surface area contributed by atoms with Crippen LogP contribution in [0.25, 0.3) is 0 Å². The topological polar surface area (TPSA) is 69.6 Å². The molecule has 0 aliphatic carbocycles. The van der Waals surface area contributed by atoms with Crippen molar-refractivity contribution in [2.24, 2.45) is 0 Å². The van der Waals surface area contributed by atoms with Crippen LogP contribution in [0.15, 0.2) is 18.2 Å². The van der Waals surface area contributed by atoms with Gasteiger partial charge in [-0.15, -0.1) is 0 Å². The summed E-state index contributed by atoms with van der Waals surface area (Å²) in [6, 6.07) is 5.87. The van der Waals surface area contributed by atoms with Gasteiger partial charge in [-0.3, -0.25) is 4.79 Å². The first-order valence-corrected chi connectivity index (χ1v) is 7.58. The van der Waals surface area contributed by atoms with Crippen molar-refractivity contribution in [3.8, 4) is 0 Å². The lowest BCUT2D eigenvalue weighted by atomic mass is 9.95. The Labute approximate surface area is 127 Å². The van der Waals surface area contributed by atoms with Crippen molar-refractivity contribution in [2.75, 3.05) is 0 Å². The van der Waals surface area contributed by atoms with Gasteiger partial charge < -0.3 is 15.5 Å². The first-order chi connectivity index (χ1) is 9.85. The number of benzene rings is 1. The first kappa shape index (κ1) is 17.7. The zero-order valence-electron chi connectivity index (χ0n) is 13.4. The maximum absolute atomic E-state index is 10.8. The molecule has 0 amide bonds. The monoisotopic (exact) mass is 293 g/mol. The van der Waals surface area contributed by atoms with Gasteiger partial charge in [0.1, 0.15) is 0 Å². The molecule has 0 radical (unpaired) electrons. The average molecular weight is 293 g/mol. The van der Waals surface area contributed by atoms with E-state index in [-0.39, 0.29) is 18.5 Å². The van der Waals surface area contributed by atoms with Gasteiger partial charge in [-0.2, -0.15) is 0 Å². The number of hydrogen-bond acceptors (Lipinski definition) is 3. The number of rotatable bonds is 8. The van der Waals surface area contributed by atoms with Gasteiger partial charge in [0, 0.05) is 18.5 Å². The molecule has 0 spiro atoms. The van der Waals surface area contributed by atoms with Gasteiger partial charge >= 0.3 is 5.97 Å². The number of aryl methyl sites for hydroxylation is 2. The van der Waals surface area contributed by atoms with Crippen LogP contribution >= 0.6 is 0 Å². The van der Waals surface area contributed by atoms with Gasteiger partial charge in [0.25, 0.3) is 0 Å². The van der Waals surface area contributed by atoms with Gasteiger partial charge in [0.2, 0.25) is 0 Å². The van der Waals surface area contributed by atoms with E-state index in [0.717, 1.165) is 17.5 Å². The molecule has 3 unspecified atom stereocenters. The third-order valence-electron chi connectivity index (χ3n) is 4.03. The Morgan fingerprint density at radius 2 is 1.95 bits per heavy atom. The molecule has 0 saturated carbocycles. The Hall–Kier alpha value is -1.39. The van der Waals surface area contributed by atoms with Crippen molar-refractivity contribution in [1.29, 1.82) is 0 Å². The number of carbonyl (C=O) groups is 1. The lowest BCUT2D eigenvalue weighted by Crippen LogP contribution is -2.40. The van der Waals surface area contributed by atoms with E-state index in [9.17, 15) is 9.90 Å². The number of carboxylic acid groups (broad SMARTS) is 1. The molecule has 118 valence electrons. The Morgan fingerprint density at radius 1 is 1.29 bits per heavy atom. The molecule has 21 heavy (non-hydrogen) atoms. The summed E-state index contributed by atoms with van der Waals surface area (Å²) >= 11 is 0. The predicted molar refractivity (Wildman–Crippen MR) is 84.4 cm³/mol. The molecule has 1 aromatic carbocycles. The SMILES string of the molecule is CCC(C)NC(CCC(=O)O)C(O)c1ccc(C)c(C)c1. The molecule has 0 fully saturated rings. The Morgan fingerprint density at radius 3 is 2.48 bits per heavy atom. The summed E-state index contributed by atoms with van der Waals surface area (Å²) in [4.78, 5) is 10.8. The van der Waals surface area contributed by atoms with Crippen LogP contribution in [0.3, 0.4) is 0 Å². The van der Waals surface area contributed by atoms with Crippen LogP contribution in [0.5, 0.6) is 0 Å². The number of nitrogens with one attached hydrogen (secondary N) is 1. The molecule has 0 heterocycles. The average Bonchev–Trinajstić information content (AvgIpc) is 2.45. The largest absolute Gasteiger partial charge is 0.481 e. The van der Waals surface area contributed by atoms with E-state index in [0.29, 0.717) is 6.42 Å². The quantitative estimate of drug-likeness (QED) is 0.689. The van der Waals surface area contributed by atoms with Crippen molar-refractivity contribution in [3.05, 3.63) is 34.9 Å². The molecule has 0 aliphatic rings. The maximum Gasteiger partial charge on any atom is 0.303 e. The van der Waals surface area contributed by atoms with Crippen LogP contribution in [-0.4, -0.2) is 28.3 Å². The van der Waals surface area contributed by atoms with E-state index in [1.54, 1.807) is 0 Å². The first-order valence-electron chi connectivity index (χ1n) is 7.58. The fourth-order valence-corrected chi connectivity index (χ4v) is 2.28. The second-order valence-corrected chi connectivity index (χ2v) is 5.80. The van der Waals surface area contributed by atoms with E-state index >= 15 is 0 Å². The number of hydrogen-bond donors (Lipinski definition) is 3. The minimum atomic E-state index is -0.835. The van der Waals surface area contributed by atoms with Crippen molar-refractivity contribution < 1.29 is 15.0 Å². The number of carboxylic acids is 1. The molecule has 4 heteroatoms. The van der Waals surface area contributed by atoms with Crippen LogP contribution in [0.1, 0.15) is 55.9 Å². The lowest BCUT2D eigenvalue weighted by molar-refractivity contribution is -0.137. The standard InChI is InChI=1S/C17H27NO3/c1-5-13(4)18-15(8-9-16(19)20)17(21)14-7-6-11(2)12(3)10-14/h6-7,10,13,15,17-18,21H,5,8-9H2,1-4H3,(H,19,20). The molecule has 3 atom stereocenters. The lowest BCUT2D eigenvalue weighted by Gasteiger charge is -2.27. The van der Waals surface area contributed by atoms with Gasteiger partial charge in [-0.1, -0.05) is 25.1 Å². The van der Waals surface area contributed by atoms with Crippen molar-refractivity contribution in [3.63, 3.8) is 0 Å². The minimum absolute atomic E-state index is 0.0516. The molecule has 1 rings (SSSR count). The van der Waals surface area contributed by atoms with Crippen LogP contribution < -0.4 is 5.32 Å². The molecule has 0 saturated heterocycles. The third-order valence-corrected chi connectivity index (χ3v) is 4.03. The summed E-state index contributed by atoms with van der Waals surface area (Å²) < 4.78 is 0. The van der Waals surface area contributed by atoms with E-state index in [2.05, 4.69) is 12.2 Å². The van der Waals surface area contributed by atoms with Crippen LogP contribution in [-0.2, 0) is 4.79 Å². The summed E-state index contributed by atoms with van der Waals surface area (Å²) in [7, 11) is 0. The highest BCUT2D eigenvalue weighted by Gasteiger charge is 2.23. The second-order valence-electron chi connectivity index (χ2n) is 5.80. The predicted octanol–water partition coefficient (Wildman–Crippen LogP) is 2.96. The van der Waals surface area contributed by atoms with Gasteiger partial charge in [-0.25, -0.2) is 0 Å². The summed E-state index contributed by atoms with van der Waals surface area (Å²) in [5.41, 5.74) is 3.15. The molecular weight excluding hydrogens is 266 g/mol. The Bertz CT molecular complexity index is 473. The van der Waals surface area contributed by atoms with E-state index in [1.165, 1.54) is 5.56 Å². The number of aliphatic carboxylic acids is 1. The fourth-order valence-electron chi connectivity index (χ4n) is 2.28. The van der Waals surface area contributed by atoms with Crippen LogP contribution in [0.2, 0.25) is 0 Å². The van der Waals surface area contributed by atoms with Crippen molar-refractivity contribution >= 4 is 5.97 Å². The Balaban J connectivity index is 2.88. The zero-order valence-corrected chi connectivity index (χ0v) is 13.4. The highest BCUT2D eigenvalue weighted by atomic mass is 16.4.